The molecule has 30 heavy (non-hydrogen) atoms. The number of carbonyl (C=O) groups is 1. The van der Waals surface area contributed by atoms with Crippen LogP contribution in [0, 0.1) is 11.8 Å². The summed E-state index contributed by atoms with van der Waals surface area (Å²) in [7, 11) is 0. The van der Waals surface area contributed by atoms with Gasteiger partial charge in [0.1, 0.15) is 12.3 Å². The standard InChI is InChI=1S/C20H34N6O4/c27-20(29-15-1-2-15)25-5-3-12(4-6-25)18-23-19(30-24-18)13-7-17-16(21-8-13)9-22-26(17)14-10-28-11-14/h12-19,21-24H,1-11H2. The number of hydroxylamine groups is 1. The van der Waals surface area contributed by atoms with Gasteiger partial charge in [0.2, 0.25) is 0 Å². The average Bonchev–Trinajstić information content (AvgIpc) is 3.25. The highest BCUT2D eigenvalue weighted by atomic mass is 16.7. The molecule has 1 aliphatic carbocycles. The van der Waals surface area contributed by atoms with Crippen LogP contribution in [0.15, 0.2) is 0 Å². The molecule has 0 bridgehead atoms. The molecule has 10 nitrogen and oxygen atoms in total. The quantitative estimate of drug-likeness (QED) is 0.471. The number of amides is 1. The summed E-state index contributed by atoms with van der Waals surface area (Å²) in [4.78, 5) is 20.0. The van der Waals surface area contributed by atoms with Crippen LogP contribution in [0.1, 0.15) is 32.1 Å². The first-order chi connectivity index (χ1) is 14.7. The van der Waals surface area contributed by atoms with Gasteiger partial charge in [-0.25, -0.2) is 9.80 Å². The molecule has 1 amide bonds. The summed E-state index contributed by atoms with van der Waals surface area (Å²) in [6.07, 6.45) is 5.29. The van der Waals surface area contributed by atoms with Crippen molar-refractivity contribution in [2.45, 2.75) is 68.7 Å². The van der Waals surface area contributed by atoms with Crippen LogP contribution < -0.4 is 21.5 Å². The van der Waals surface area contributed by atoms with Crippen molar-refractivity contribution >= 4 is 6.09 Å². The lowest BCUT2D eigenvalue weighted by atomic mass is 9.88. The van der Waals surface area contributed by atoms with Gasteiger partial charge in [0.05, 0.1) is 25.4 Å². The van der Waals surface area contributed by atoms with E-state index in [4.69, 9.17) is 14.3 Å². The third kappa shape index (κ3) is 3.83. The number of likely N-dealkylation sites (tertiary alicyclic amines) is 1. The predicted molar refractivity (Wildman–Crippen MR) is 107 cm³/mol. The molecule has 0 spiro atoms. The lowest BCUT2D eigenvalue weighted by Gasteiger charge is -2.42. The zero-order valence-corrected chi connectivity index (χ0v) is 17.4. The predicted octanol–water partition coefficient (Wildman–Crippen LogP) is -0.660. The molecular weight excluding hydrogens is 388 g/mol. The molecule has 5 unspecified atom stereocenters. The molecule has 1 saturated carbocycles. The second-order valence-corrected chi connectivity index (χ2v) is 9.75. The lowest BCUT2D eigenvalue weighted by molar-refractivity contribution is -0.0974. The van der Waals surface area contributed by atoms with E-state index in [9.17, 15) is 4.79 Å². The maximum absolute atomic E-state index is 12.2. The Morgan fingerprint density at radius 2 is 1.87 bits per heavy atom. The Morgan fingerprint density at radius 3 is 2.60 bits per heavy atom. The van der Waals surface area contributed by atoms with E-state index in [1.54, 1.807) is 0 Å². The van der Waals surface area contributed by atoms with Gasteiger partial charge in [-0.05, 0) is 38.0 Å². The van der Waals surface area contributed by atoms with Crippen LogP contribution in [0.2, 0.25) is 0 Å². The summed E-state index contributed by atoms with van der Waals surface area (Å²) < 4.78 is 10.8. The van der Waals surface area contributed by atoms with Gasteiger partial charge in [-0.15, -0.1) is 0 Å². The van der Waals surface area contributed by atoms with Crippen molar-refractivity contribution in [2.24, 2.45) is 11.8 Å². The fraction of sp³-hybridized carbons (Fsp3) is 0.950. The van der Waals surface area contributed by atoms with Crippen molar-refractivity contribution < 1.29 is 19.1 Å². The molecule has 0 aromatic heterocycles. The Morgan fingerprint density at radius 1 is 1.03 bits per heavy atom. The number of carbonyl (C=O) groups excluding carboxylic acids is 1. The molecule has 4 N–H and O–H groups in total. The van der Waals surface area contributed by atoms with Gasteiger partial charge in [0.25, 0.3) is 0 Å². The Bertz CT molecular complexity index is 639. The highest BCUT2D eigenvalue weighted by Gasteiger charge is 2.47. The zero-order valence-electron chi connectivity index (χ0n) is 17.4. The van der Waals surface area contributed by atoms with Crippen LogP contribution in [0.4, 0.5) is 4.79 Å². The molecule has 0 aromatic carbocycles. The van der Waals surface area contributed by atoms with Crippen molar-refractivity contribution in [1.82, 2.24) is 31.4 Å². The second kappa shape index (κ2) is 8.16. The first-order valence-corrected chi connectivity index (χ1v) is 11.7. The molecule has 5 aliphatic heterocycles. The van der Waals surface area contributed by atoms with Gasteiger partial charge >= 0.3 is 6.09 Å². The van der Waals surface area contributed by atoms with E-state index < -0.39 is 0 Å². The number of hydrogen-bond acceptors (Lipinski definition) is 9. The summed E-state index contributed by atoms with van der Waals surface area (Å²) >= 11 is 0. The van der Waals surface area contributed by atoms with Gasteiger partial charge in [0.15, 0.2) is 0 Å². The number of fused-ring (bicyclic) bond motifs is 1. The summed E-state index contributed by atoms with van der Waals surface area (Å²) in [6, 6.07) is 1.50. The normalized spacial score (nSPS) is 40.9. The van der Waals surface area contributed by atoms with E-state index in [1.165, 1.54) is 0 Å². The summed E-state index contributed by atoms with van der Waals surface area (Å²) in [5.74, 6) is 0.877. The minimum Gasteiger partial charge on any atom is -0.446 e. The lowest BCUT2D eigenvalue weighted by Crippen LogP contribution is -2.60. The Hall–Kier alpha value is -1.01. The Balaban J connectivity index is 0.990. The first-order valence-electron chi connectivity index (χ1n) is 11.7. The molecular formula is C20H34N6O4. The summed E-state index contributed by atoms with van der Waals surface area (Å²) in [5, 5.41) is 9.84. The molecule has 5 heterocycles. The average molecular weight is 423 g/mol. The fourth-order valence-electron chi connectivity index (χ4n) is 5.52. The maximum Gasteiger partial charge on any atom is 0.410 e. The van der Waals surface area contributed by atoms with Crippen molar-refractivity contribution in [1.29, 1.82) is 0 Å². The number of piperidine rings is 2. The van der Waals surface area contributed by atoms with Crippen LogP contribution in [-0.4, -0.2) is 92.0 Å². The van der Waals surface area contributed by atoms with Crippen molar-refractivity contribution in [2.75, 3.05) is 39.4 Å². The number of ether oxygens (including phenoxy) is 2. The Kier molecular flexibility index (Phi) is 5.35. The molecule has 0 radical (unpaired) electrons. The Labute approximate surface area is 177 Å². The first kappa shape index (κ1) is 19.7. The molecule has 6 aliphatic rings. The zero-order chi connectivity index (χ0) is 20.1. The highest BCUT2D eigenvalue weighted by Crippen LogP contribution is 2.31. The van der Waals surface area contributed by atoms with E-state index in [0.29, 0.717) is 30.0 Å². The van der Waals surface area contributed by atoms with Crippen LogP contribution in [-0.2, 0) is 14.3 Å². The molecule has 0 aromatic rings. The third-order valence-electron chi connectivity index (χ3n) is 7.67. The highest BCUT2D eigenvalue weighted by molar-refractivity contribution is 5.68. The van der Waals surface area contributed by atoms with Crippen molar-refractivity contribution in [3.63, 3.8) is 0 Å². The second-order valence-electron chi connectivity index (χ2n) is 9.75. The minimum absolute atomic E-state index is 0.0152. The van der Waals surface area contributed by atoms with Gasteiger partial charge in [-0.1, -0.05) is 0 Å². The van der Waals surface area contributed by atoms with Gasteiger partial charge in [0, 0.05) is 44.2 Å². The van der Waals surface area contributed by atoms with E-state index in [-0.39, 0.29) is 24.6 Å². The summed E-state index contributed by atoms with van der Waals surface area (Å²) in [5.41, 5.74) is 6.83. The van der Waals surface area contributed by atoms with Crippen molar-refractivity contribution in [3.05, 3.63) is 0 Å². The number of rotatable bonds is 4. The van der Waals surface area contributed by atoms with E-state index in [1.807, 2.05) is 4.90 Å². The molecule has 5 saturated heterocycles. The number of nitrogens with one attached hydrogen (secondary N) is 4. The van der Waals surface area contributed by atoms with E-state index in [2.05, 4.69) is 26.5 Å². The molecule has 10 heteroatoms. The van der Waals surface area contributed by atoms with Crippen LogP contribution in [0.3, 0.4) is 0 Å². The number of hydrazine groups is 1. The monoisotopic (exact) mass is 422 g/mol. The van der Waals surface area contributed by atoms with Crippen molar-refractivity contribution in [3.8, 4) is 0 Å². The molecule has 6 fully saturated rings. The molecule has 5 atom stereocenters. The largest absolute Gasteiger partial charge is 0.446 e. The van der Waals surface area contributed by atoms with E-state index >= 15 is 0 Å². The number of hydrogen-bond donors (Lipinski definition) is 4. The van der Waals surface area contributed by atoms with Gasteiger partial charge in [-0.3, -0.25) is 15.6 Å². The third-order valence-corrected chi connectivity index (χ3v) is 7.67. The van der Waals surface area contributed by atoms with Crippen LogP contribution in [0.25, 0.3) is 0 Å². The smallest absolute Gasteiger partial charge is 0.410 e. The van der Waals surface area contributed by atoms with E-state index in [0.717, 1.165) is 71.5 Å². The van der Waals surface area contributed by atoms with Crippen LogP contribution in [0.5, 0.6) is 0 Å². The van der Waals surface area contributed by atoms with Gasteiger partial charge in [-0.2, -0.15) is 5.48 Å². The molecule has 168 valence electrons. The topological polar surface area (TPSA) is 99.4 Å². The molecule has 6 rings (SSSR count). The maximum atomic E-state index is 12.2. The van der Waals surface area contributed by atoms with Crippen LogP contribution >= 0.6 is 0 Å². The fourth-order valence-corrected chi connectivity index (χ4v) is 5.52. The minimum atomic E-state index is -0.133. The van der Waals surface area contributed by atoms with Gasteiger partial charge < -0.3 is 19.7 Å². The number of nitrogens with zero attached hydrogens (tertiary/aromatic N) is 2. The summed E-state index contributed by atoms with van der Waals surface area (Å²) in [6.45, 7) is 5.15. The SMILES string of the molecule is O=C(OC1CC1)N1CCC(C2NOC(C3CNC4CNN(C5COC5)C4C3)N2)CC1.